The van der Waals surface area contributed by atoms with Crippen LogP contribution in [-0.2, 0) is 27.4 Å². The van der Waals surface area contributed by atoms with Crippen molar-refractivity contribution in [1.82, 2.24) is 19.7 Å². The van der Waals surface area contributed by atoms with E-state index in [1.54, 1.807) is 24.1 Å². The Labute approximate surface area is 244 Å². The summed E-state index contributed by atoms with van der Waals surface area (Å²) < 4.78 is 13.2. The molecule has 0 aliphatic carbocycles. The highest BCUT2D eigenvalue weighted by atomic mass is 16.6. The van der Waals surface area contributed by atoms with Crippen molar-refractivity contribution in [3.05, 3.63) is 77.5 Å². The van der Waals surface area contributed by atoms with E-state index in [0.29, 0.717) is 43.9 Å². The average Bonchev–Trinajstić information content (AvgIpc) is 3.27. The Balaban J connectivity index is 1.46. The van der Waals surface area contributed by atoms with Gasteiger partial charge in [0.25, 0.3) is 0 Å². The lowest BCUT2D eigenvalue weighted by Gasteiger charge is -2.42. The quantitative estimate of drug-likeness (QED) is 0.234. The number of amides is 4. The van der Waals surface area contributed by atoms with Crippen molar-refractivity contribution >= 4 is 34.7 Å². The standard InChI is InChI=1S/C32H36N4O6/c1-6-27(37)33-14-7-15-35-29(38)24-18-34(31(35)40)19-26-28(24)23-16-22(41-5)12-13-25(23)36(26)17-20-8-10-21(11-9-20)30(39)42-32(2,3)4/h6,8-13,16,24H,1,7,14-15,17-19H2,2-5H3,(H,33,37). The lowest BCUT2D eigenvalue weighted by molar-refractivity contribution is -0.133. The Morgan fingerprint density at radius 3 is 2.52 bits per heavy atom. The van der Waals surface area contributed by atoms with Gasteiger partial charge < -0.3 is 24.3 Å². The summed E-state index contributed by atoms with van der Waals surface area (Å²) in [7, 11) is 1.61. The number of esters is 1. The molecular weight excluding hydrogens is 536 g/mol. The molecule has 2 aromatic carbocycles. The van der Waals surface area contributed by atoms with Gasteiger partial charge in [0.05, 0.1) is 25.1 Å². The van der Waals surface area contributed by atoms with Crippen LogP contribution in [-0.4, -0.2) is 70.5 Å². The summed E-state index contributed by atoms with van der Waals surface area (Å²) in [6, 6.07) is 12.8. The highest BCUT2D eigenvalue weighted by Gasteiger charge is 2.45. The van der Waals surface area contributed by atoms with Crippen molar-refractivity contribution in [3.63, 3.8) is 0 Å². The molecule has 10 nitrogen and oxygen atoms in total. The third-order valence-electron chi connectivity index (χ3n) is 7.55. The van der Waals surface area contributed by atoms with E-state index in [-0.39, 0.29) is 30.4 Å². The van der Waals surface area contributed by atoms with Gasteiger partial charge in [0.15, 0.2) is 0 Å². The van der Waals surface area contributed by atoms with Crippen LogP contribution in [0.2, 0.25) is 0 Å². The van der Waals surface area contributed by atoms with Crippen LogP contribution in [0.15, 0.2) is 55.1 Å². The number of nitrogens with one attached hydrogen (secondary N) is 1. The largest absolute Gasteiger partial charge is 0.497 e. The van der Waals surface area contributed by atoms with Crippen molar-refractivity contribution < 1.29 is 28.7 Å². The van der Waals surface area contributed by atoms with E-state index in [0.717, 1.165) is 27.7 Å². The van der Waals surface area contributed by atoms with Crippen LogP contribution in [0, 0.1) is 0 Å². The van der Waals surface area contributed by atoms with E-state index in [1.807, 2.05) is 51.1 Å². The molecule has 0 spiro atoms. The van der Waals surface area contributed by atoms with Gasteiger partial charge in [-0.15, -0.1) is 0 Å². The minimum atomic E-state index is -0.584. The van der Waals surface area contributed by atoms with Crippen LogP contribution in [0.1, 0.15) is 60.3 Å². The second kappa shape index (κ2) is 11.3. The molecule has 1 fully saturated rings. The van der Waals surface area contributed by atoms with Gasteiger partial charge >= 0.3 is 12.0 Å². The number of imide groups is 1. The number of aromatic nitrogens is 1. The minimum Gasteiger partial charge on any atom is -0.497 e. The SMILES string of the molecule is C=CC(=O)NCCCN1C(=O)C2CN(Cc3c2c2cc(OC)ccc2n3Cc2ccc(C(=O)OC(C)(C)C)cc2)C1=O. The van der Waals surface area contributed by atoms with Crippen LogP contribution in [0.5, 0.6) is 5.75 Å². The summed E-state index contributed by atoms with van der Waals surface area (Å²) in [4.78, 5) is 54.1. The number of methoxy groups -OCH3 is 1. The van der Waals surface area contributed by atoms with Crippen molar-refractivity contribution in [1.29, 1.82) is 0 Å². The van der Waals surface area contributed by atoms with Crippen LogP contribution in [0.4, 0.5) is 4.79 Å². The zero-order valence-corrected chi connectivity index (χ0v) is 24.4. The Hall–Kier alpha value is -4.60. The first-order valence-corrected chi connectivity index (χ1v) is 14.0. The number of hydrogen-bond donors (Lipinski definition) is 1. The second-order valence-electron chi connectivity index (χ2n) is 11.6. The van der Waals surface area contributed by atoms with Crippen LogP contribution in [0.3, 0.4) is 0 Å². The summed E-state index contributed by atoms with van der Waals surface area (Å²) in [5.74, 6) is -0.746. The summed E-state index contributed by atoms with van der Waals surface area (Å²) in [5.41, 5.74) is 3.60. The van der Waals surface area contributed by atoms with Gasteiger partial charge in [-0.2, -0.15) is 0 Å². The molecule has 3 aromatic rings. The molecule has 4 amide bonds. The van der Waals surface area contributed by atoms with Crippen molar-refractivity contribution in [2.45, 2.75) is 51.8 Å². The maximum atomic E-state index is 13.8. The highest BCUT2D eigenvalue weighted by Crippen LogP contribution is 2.42. The van der Waals surface area contributed by atoms with Crippen LogP contribution >= 0.6 is 0 Å². The molecule has 3 heterocycles. The predicted octanol–water partition coefficient (Wildman–Crippen LogP) is 4.21. The highest BCUT2D eigenvalue weighted by molar-refractivity contribution is 6.04. The Bertz CT molecular complexity index is 1570. The number of carbonyl (C=O) groups excluding carboxylic acids is 4. The maximum absolute atomic E-state index is 13.8. The zero-order valence-electron chi connectivity index (χ0n) is 24.4. The molecule has 1 atom stereocenters. The molecule has 0 saturated carbocycles. The number of nitrogens with zero attached hydrogens (tertiary/aromatic N) is 3. The fourth-order valence-electron chi connectivity index (χ4n) is 5.63. The topological polar surface area (TPSA) is 110 Å². The lowest BCUT2D eigenvalue weighted by Crippen LogP contribution is -2.58. The van der Waals surface area contributed by atoms with Crippen LogP contribution in [0.25, 0.3) is 10.9 Å². The van der Waals surface area contributed by atoms with E-state index in [4.69, 9.17) is 9.47 Å². The predicted molar refractivity (Wildman–Crippen MR) is 157 cm³/mol. The van der Waals surface area contributed by atoms with Gasteiger partial charge in [-0.1, -0.05) is 18.7 Å². The van der Waals surface area contributed by atoms with Gasteiger partial charge in [-0.3, -0.25) is 14.5 Å². The first-order chi connectivity index (χ1) is 20.0. The number of ether oxygens (including phenoxy) is 2. The van der Waals surface area contributed by atoms with E-state index < -0.39 is 11.5 Å². The fraction of sp³-hybridized carbons (Fsp3) is 0.375. The maximum Gasteiger partial charge on any atom is 0.338 e. The molecule has 2 bridgehead atoms. The third kappa shape index (κ3) is 5.61. The first kappa shape index (κ1) is 28.9. The van der Waals surface area contributed by atoms with Crippen molar-refractivity contribution in [2.24, 2.45) is 0 Å². The molecule has 42 heavy (non-hydrogen) atoms. The van der Waals surface area contributed by atoms with E-state index >= 15 is 0 Å². The molecule has 10 heteroatoms. The van der Waals surface area contributed by atoms with Gasteiger partial charge in [-0.25, -0.2) is 9.59 Å². The molecule has 1 aromatic heterocycles. The number of carbonyl (C=O) groups is 4. The molecular formula is C32H36N4O6. The number of rotatable bonds is 9. The first-order valence-electron chi connectivity index (χ1n) is 14.0. The third-order valence-corrected chi connectivity index (χ3v) is 7.55. The van der Waals surface area contributed by atoms with Crippen molar-refractivity contribution in [3.8, 4) is 5.75 Å². The second-order valence-corrected chi connectivity index (χ2v) is 11.6. The van der Waals surface area contributed by atoms with E-state index in [2.05, 4.69) is 16.5 Å². The lowest BCUT2D eigenvalue weighted by atomic mass is 9.88. The molecule has 220 valence electrons. The summed E-state index contributed by atoms with van der Waals surface area (Å²) in [6.45, 7) is 10.6. The Kier molecular flexibility index (Phi) is 7.81. The monoisotopic (exact) mass is 572 g/mol. The molecule has 5 rings (SSSR count). The van der Waals surface area contributed by atoms with Crippen LogP contribution < -0.4 is 10.1 Å². The van der Waals surface area contributed by atoms with Crippen molar-refractivity contribution in [2.75, 3.05) is 26.7 Å². The minimum absolute atomic E-state index is 0.212. The average molecular weight is 573 g/mol. The fourth-order valence-corrected chi connectivity index (χ4v) is 5.63. The Morgan fingerprint density at radius 2 is 1.86 bits per heavy atom. The summed E-state index contributed by atoms with van der Waals surface area (Å²) >= 11 is 0. The molecule has 1 saturated heterocycles. The van der Waals surface area contributed by atoms with Gasteiger partial charge in [0, 0.05) is 42.8 Å². The molecule has 0 radical (unpaired) electrons. The van der Waals surface area contributed by atoms with Gasteiger partial charge in [0.2, 0.25) is 11.8 Å². The smallest absolute Gasteiger partial charge is 0.338 e. The summed E-state index contributed by atoms with van der Waals surface area (Å²) in [6.07, 6.45) is 1.63. The zero-order chi connectivity index (χ0) is 30.2. The molecule has 1 N–H and O–H groups in total. The molecule has 1 unspecified atom stereocenters. The number of benzene rings is 2. The molecule has 2 aliphatic rings. The number of hydrogen-bond acceptors (Lipinski definition) is 6. The van der Waals surface area contributed by atoms with Gasteiger partial charge in [0.1, 0.15) is 11.4 Å². The Morgan fingerprint density at radius 1 is 1.12 bits per heavy atom. The molecule has 2 aliphatic heterocycles. The number of urea groups is 1. The van der Waals surface area contributed by atoms with E-state index in [9.17, 15) is 19.2 Å². The summed E-state index contributed by atoms with van der Waals surface area (Å²) in [5, 5.41) is 3.60. The number of fused-ring (bicyclic) bond motifs is 6. The van der Waals surface area contributed by atoms with E-state index in [1.165, 1.54) is 11.0 Å². The normalized spacial score (nSPS) is 16.3. The van der Waals surface area contributed by atoms with Gasteiger partial charge in [-0.05, 0) is 74.7 Å².